The molecule has 0 saturated heterocycles. The fourth-order valence-electron chi connectivity index (χ4n) is 4.73. The molecule has 0 aliphatic rings. The Morgan fingerprint density at radius 3 is 2.08 bits per heavy atom. The number of nitrogens with one attached hydrogen (secondary N) is 2. The van der Waals surface area contributed by atoms with Gasteiger partial charge in [0.05, 0.1) is 19.0 Å². The van der Waals surface area contributed by atoms with Crippen molar-refractivity contribution in [2.75, 3.05) is 25.8 Å². The Morgan fingerprint density at radius 2 is 1.43 bits per heavy atom. The molecule has 3 aromatic carbocycles. The van der Waals surface area contributed by atoms with E-state index < -0.39 is 7.26 Å². The van der Waals surface area contributed by atoms with Crippen molar-refractivity contribution in [1.82, 2.24) is 15.6 Å². The molecule has 0 spiro atoms. The Kier molecular flexibility index (Phi) is 10.4. The van der Waals surface area contributed by atoms with Crippen molar-refractivity contribution in [2.24, 2.45) is 0 Å². The molecule has 0 bridgehead atoms. The summed E-state index contributed by atoms with van der Waals surface area (Å²) in [4.78, 5) is 16.1. The summed E-state index contributed by atoms with van der Waals surface area (Å²) in [6.45, 7) is 2.35. The van der Waals surface area contributed by atoms with Crippen molar-refractivity contribution in [1.29, 1.82) is 0 Å². The number of hydrogen-bond acceptors (Lipinski definition) is 3. The fourth-order valence-corrected chi connectivity index (χ4v) is 9.04. The lowest BCUT2D eigenvalue weighted by Gasteiger charge is -2.30. The summed E-state index contributed by atoms with van der Waals surface area (Å²) in [5.41, 5.74) is 0.598. The number of aromatic nitrogens is 1. The van der Waals surface area contributed by atoms with Gasteiger partial charge in [-0.05, 0) is 67.5 Å². The number of unbranched alkanes of at least 4 members (excludes halogenated alkanes) is 3. The van der Waals surface area contributed by atoms with Crippen molar-refractivity contribution < 1.29 is 4.79 Å². The zero-order chi connectivity index (χ0) is 25.6. The number of carbonyl (C=O) groups is 1. The number of nitrogens with zero attached hydrogens (tertiary/aromatic N) is 1. The third-order valence-electron chi connectivity index (χ3n) is 6.61. The van der Waals surface area contributed by atoms with Gasteiger partial charge < -0.3 is 10.6 Å². The van der Waals surface area contributed by atoms with Crippen molar-refractivity contribution in [3.05, 3.63) is 121 Å². The van der Waals surface area contributed by atoms with E-state index in [1.165, 1.54) is 35.2 Å². The average molecular weight is 510 g/mol. The Bertz CT molecular complexity index is 1090. The second kappa shape index (κ2) is 14.4. The van der Waals surface area contributed by atoms with Gasteiger partial charge in [0.25, 0.3) is 5.91 Å². The first-order chi connectivity index (χ1) is 18.3. The molecule has 4 aromatic rings. The van der Waals surface area contributed by atoms with Gasteiger partial charge in [0.1, 0.15) is 10.6 Å². The minimum Gasteiger partial charge on any atom is -0.351 e. The second-order valence-corrected chi connectivity index (χ2v) is 12.7. The molecule has 4 nitrogen and oxygen atoms in total. The zero-order valence-corrected chi connectivity index (χ0v) is 22.2. The van der Waals surface area contributed by atoms with Gasteiger partial charge in [-0.15, -0.1) is 12.1 Å². The monoisotopic (exact) mass is 509 g/mol. The predicted octanol–water partition coefficient (Wildman–Crippen LogP) is 4.76. The van der Waals surface area contributed by atoms with Crippen LogP contribution < -0.4 is 26.5 Å². The van der Waals surface area contributed by atoms with Crippen LogP contribution in [0.5, 0.6) is 0 Å². The van der Waals surface area contributed by atoms with E-state index in [9.17, 15) is 4.79 Å². The van der Waals surface area contributed by atoms with Crippen LogP contribution in [0.25, 0.3) is 0 Å². The summed E-state index contributed by atoms with van der Waals surface area (Å²) < 4.78 is 0. The summed E-state index contributed by atoms with van der Waals surface area (Å²) >= 11 is 0. The molecule has 0 atom stereocenters. The lowest BCUT2D eigenvalue weighted by Crippen LogP contribution is -2.33. The summed E-state index contributed by atoms with van der Waals surface area (Å²) in [6.07, 6.45) is 9.12. The SMILES string of the molecule is O=C(NCCNCCCCCC[P+](c1[c-]cccc1)(c1ccccc1)c1ccccc1)c1cccnc1. The van der Waals surface area contributed by atoms with Crippen LogP contribution in [0.2, 0.25) is 0 Å². The summed E-state index contributed by atoms with van der Waals surface area (Å²) in [7, 11) is -1.77. The average Bonchev–Trinajstić information content (AvgIpc) is 2.98. The topological polar surface area (TPSA) is 54.0 Å². The van der Waals surface area contributed by atoms with Crippen LogP contribution in [0.15, 0.2) is 109 Å². The Balaban J connectivity index is 1.27. The van der Waals surface area contributed by atoms with Crippen LogP contribution >= 0.6 is 7.26 Å². The van der Waals surface area contributed by atoms with Gasteiger partial charge in [-0.3, -0.25) is 9.78 Å². The molecule has 0 unspecified atom stereocenters. The third-order valence-corrected chi connectivity index (χ3v) is 11.1. The molecule has 2 N–H and O–H groups in total. The molecule has 190 valence electrons. The number of rotatable bonds is 14. The van der Waals surface area contributed by atoms with Gasteiger partial charge >= 0.3 is 0 Å². The van der Waals surface area contributed by atoms with Crippen LogP contribution in [0.1, 0.15) is 36.0 Å². The van der Waals surface area contributed by atoms with Crippen molar-refractivity contribution in [2.45, 2.75) is 25.7 Å². The molecule has 0 radical (unpaired) electrons. The summed E-state index contributed by atoms with van der Waals surface area (Å²) in [5.74, 6) is -0.0748. The summed E-state index contributed by atoms with van der Waals surface area (Å²) in [5, 5.41) is 10.6. The second-order valence-electron chi connectivity index (χ2n) is 9.11. The first kappa shape index (κ1) is 26.7. The Hall–Kier alpha value is -3.33. The smallest absolute Gasteiger partial charge is 0.252 e. The maximum Gasteiger partial charge on any atom is 0.252 e. The van der Waals surface area contributed by atoms with E-state index in [-0.39, 0.29) is 5.91 Å². The first-order valence-corrected chi connectivity index (χ1v) is 15.1. The van der Waals surface area contributed by atoms with E-state index >= 15 is 0 Å². The maximum atomic E-state index is 12.1. The molecule has 4 rings (SSSR count). The lowest BCUT2D eigenvalue weighted by atomic mass is 10.2. The quantitative estimate of drug-likeness (QED) is 0.147. The minimum absolute atomic E-state index is 0.0748. The number of carbonyl (C=O) groups excluding carboxylic acids is 1. The van der Waals surface area contributed by atoms with Crippen molar-refractivity contribution in [3.63, 3.8) is 0 Å². The molecule has 0 saturated carbocycles. The highest BCUT2D eigenvalue weighted by Crippen LogP contribution is 2.55. The van der Waals surface area contributed by atoms with Gasteiger partial charge in [-0.1, -0.05) is 42.8 Å². The minimum atomic E-state index is -1.77. The van der Waals surface area contributed by atoms with Crippen LogP contribution in [-0.2, 0) is 0 Å². The number of pyridine rings is 1. The highest BCUT2D eigenvalue weighted by atomic mass is 31.2. The standard InChI is InChI=1S/C32H36N3OP/c36-32(28-15-14-23-34-27-28)35-25-24-33-22-12-1-2-13-26-37(29-16-6-3-7-17-29,30-18-8-4-9-19-30)31-20-10-5-11-21-31/h3-11,14-20,23,27,33H,1-2,12-13,22,24-26H2,(H,35,36). The number of benzene rings is 3. The molecule has 1 aromatic heterocycles. The van der Waals surface area contributed by atoms with Gasteiger partial charge in [0.2, 0.25) is 0 Å². The zero-order valence-electron chi connectivity index (χ0n) is 21.4. The lowest BCUT2D eigenvalue weighted by molar-refractivity contribution is 0.0953. The predicted molar refractivity (Wildman–Crippen MR) is 157 cm³/mol. The highest BCUT2D eigenvalue weighted by molar-refractivity contribution is 7.95. The molecule has 1 amide bonds. The molecule has 5 heteroatoms. The molecular formula is C32H36N3OP. The van der Waals surface area contributed by atoms with E-state index in [0.29, 0.717) is 12.1 Å². The normalized spacial score (nSPS) is 11.2. The van der Waals surface area contributed by atoms with E-state index in [1.807, 2.05) is 0 Å². The maximum absolute atomic E-state index is 12.1. The molecule has 1 heterocycles. The number of amides is 1. The molecular weight excluding hydrogens is 473 g/mol. The summed E-state index contributed by atoms with van der Waals surface area (Å²) in [6, 6.07) is 37.8. The van der Waals surface area contributed by atoms with Crippen LogP contribution in [0.3, 0.4) is 0 Å². The van der Waals surface area contributed by atoms with Gasteiger partial charge in [0, 0.05) is 25.5 Å². The fraction of sp³-hybridized carbons (Fsp3) is 0.250. The molecule has 0 aliphatic carbocycles. The van der Waals surface area contributed by atoms with Gasteiger partial charge in [0.15, 0.2) is 0 Å². The van der Waals surface area contributed by atoms with E-state index in [2.05, 4.69) is 107 Å². The van der Waals surface area contributed by atoms with Crippen LogP contribution in [0.4, 0.5) is 0 Å². The van der Waals surface area contributed by atoms with E-state index in [4.69, 9.17) is 0 Å². The van der Waals surface area contributed by atoms with Crippen molar-refractivity contribution >= 4 is 29.1 Å². The van der Waals surface area contributed by atoms with E-state index in [0.717, 1.165) is 25.7 Å². The van der Waals surface area contributed by atoms with Crippen LogP contribution in [0, 0.1) is 6.07 Å². The highest BCUT2D eigenvalue weighted by Gasteiger charge is 2.41. The van der Waals surface area contributed by atoms with Gasteiger partial charge in [-0.2, -0.15) is 18.2 Å². The van der Waals surface area contributed by atoms with Crippen LogP contribution in [-0.4, -0.2) is 36.7 Å². The third kappa shape index (κ3) is 7.35. The van der Waals surface area contributed by atoms with Gasteiger partial charge in [-0.25, -0.2) is 0 Å². The van der Waals surface area contributed by atoms with Crippen molar-refractivity contribution in [3.8, 4) is 0 Å². The molecule has 0 aliphatic heterocycles. The van der Waals surface area contributed by atoms with E-state index in [1.54, 1.807) is 24.5 Å². The molecule has 0 fully saturated rings. The largest absolute Gasteiger partial charge is 0.351 e. The first-order valence-electron chi connectivity index (χ1n) is 13.2. The Labute approximate surface area is 221 Å². The molecule has 37 heavy (non-hydrogen) atoms. The Morgan fingerprint density at radius 1 is 0.730 bits per heavy atom. The number of hydrogen-bond donors (Lipinski definition) is 2.